The third-order valence-electron chi connectivity index (χ3n) is 3.17. The second-order valence-corrected chi connectivity index (χ2v) is 4.34. The first kappa shape index (κ1) is 13.2. The predicted molar refractivity (Wildman–Crippen MR) is 65.9 cm³/mol. The van der Waals surface area contributed by atoms with Crippen LogP contribution in [0.1, 0.15) is 45.1 Å². The molecule has 1 rings (SSSR count). The van der Waals surface area contributed by atoms with Gasteiger partial charge in [-0.3, -0.25) is 0 Å². The molecule has 1 unspecified atom stereocenters. The number of hydrogen-bond acceptors (Lipinski definition) is 2. The van der Waals surface area contributed by atoms with Crippen LogP contribution >= 0.6 is 0 Å². The number of hydrogen-bond donors (Lipinski definition) is 2. The molecule has 0 heterocycles. The molecule has 0 aliphatic heterocycles. The van der Waals surface area contributed by atoms with Crippen LogP contribution in [0.2, 0.25) is 0 Å². The van der Waals surface area contributed by atoms with Gasteiger partial charge >= 0.3 is 0 Å². The van der Waals surface area contributed by atoms with Crippen LogP contribution in [-0.2, 0) is 5.79 Å². The van der Waals surface area contributed by atoms with E-state index < -0.39 is 5.79 Å². The van der Waals surface area contributed by atoms with Gasteiger partial charge in [-0.2, -0.15) is 0 Å². The molecule has 0 aromatic heterocycles. The highest BCUT2D eigenvalue weighted by molar-refractivity contribution is 5.20. The smallest absolute Gasteiger partial charge is 0.192 e. The van der Waals surface area contributed by atoms with Gasteiger partial charge in [0.15, 0.2) is 5.79 Å². The largest absolute Gasteiger partial charge is 0.362 e. The van der Waals surface area contributed by atoms with Gasteiger partial charge < -0.3 is 10.2 Å². The molecule has 2 heteroatoms. The van der Waals surface area contributed by atoms with Crippen LogP contribution in [0.3, 0.4) is 0 Å². The summed E-state index contributed by atoms with van der Waals surface area (Å²) in [5, 5.41) is 20.5. The average molecular weight is 222 g/mol. The van der Waals surface area contributed by atoms with Crippen LogP contribution < -0.4 is 0 Å². The third kappa shape index (κ3) is 3.06. The van der Waals surface area contributed by atoms with Crippen LogP contribution in [0.25, 0.3) is 0 Å². The molecule has 16 heavy (non-hydrogen) atoms. The molecule has 2 nitrogen and oxygen atoms in total. The summed E-state index contributed by atoms with van der Waals surface area (Å²) in [7, 11) is 0. The first-order valence-corrected chi connectivity index (χ1v) is 6.13. The maximum atomic E-state index is 10.2. The fourth-order valence-electron chi connectivity index (χ4n) is 2.06. The van der Waals surface area contributed by atoms with Gasteiger partial charge in [-0.1, -0.05) is 57.0 Å². The Bertz CT molecular complexity index is 293. The molecule has 0 bridgehead atoms. The highest BCUT2D eigenvalue weighted by Crippen LogP contribution is 2.32. The highest BCUT2D eigenvalue weighted by Gasteiger charge is 2.34. The summed E-state index contributed by atoms with van der Waals surface area (Å²) >= 11 is 0. The van der Waals surface area contributed by atoms with Crippen molar-refractivity contribution in [3.63, 3.8) is 0 Å². The van der Waals surface area contributed by atoms with Crippen molar-refractivity contribution in [3.05, 3.63) is 35.9 Å². The van der Waals surface area contributed by atoms with Crippen molar-refractivity contribution in [1.82, 2.24) is 0 Å². The molecule has 0 aliphatic rings. The fraction of sp³-hybridized carbons (Fsp3) is 0.571. The summed E-state index contributed by atoms with van der Waals surface area (Å²) in [6.45, 7) is 4.12. The predicted octanol–water partition coefficient (Wildman–Crippen LogP) is 3.04. The summed E-state index contributed by atoms with van der Waals surface area (Å²) < 4.78 is 0. The monoisotopic (exact) mass is 222 g/mol. The van der Waals surface area contributed by atoms with Crippen LogP contribution in [0.5, 0.6) is 0 Å². The summed E-state index contributed by atoms with van der Waals surface area (Å²) in [6, 6.07) is 9.10. The van der Waals surface area contributed by atoms with Crippen molar-refractivity contribution < 1.29 is 10.2 Å². The Morgan fingerprint density at radius 3 is 2.25 bits per heavy atom. The molecule has 0 saturated carbocycles. The van der Waals surface area contributed by atoms with Crippen molar-refractivity contribution in [2.45, 2.75) is 45.3 Å². The van der Waals surface area contributed by atoms with Crippen LogP contribution in [0.15, 0.2) is 30.3 Å². The Kier molecular flexibility index (Phi) is 4.97. The maximum absolute atomic E-state index is 10.2. The van der Waals surface area contributed by atoms with Gasteiger partial charge in [0, 0.05) is 11.5 Å². The summed E-state index contributed by atoms with van der Waals surface area (Å²) in [4.78, 5) is 0. The van der Waals surface area contributed by atoms with Crippen molar-refractivity contribution in [2.75, 3.05) is 0 Å². The zero-order chi connectivity index (χ0) is 12.0. The van der Waals surface area contributed by atoms with E-state index in [1.165, 1.54) is 0 Å². The van der Waals surface area contributed by atoms with E-state index in [1.807, 2.05) is 25.1 Å². The van der Waals surface area contributed by atoms with Gasteiger partial charge in [0.2, 0.25) is 0 Å². The van der Waals surface area contributed by atoms with E-state index in [4.69, 9.17) is 0 Å². The normalized spacial score (nSPS) is 13.8. The topological polar surface area (TPSA) is 40.5 Å². The van der Waals surface area contributed by atoms with E-state index in [0.29, 0.717) is 5.56 Å². The Balaban J connectivity index is 2.81. The van der Waals surface area contributed by atoms with Crippen LogP contribution in [0, 0.1) is 5.92 Å². The lowest BCUT2D eigenvalue weighted by atomic mass is 9.86. The molecule has 0 amide bonds. The van der Waals surface area contributed by atoms with Gasteiger partial charge in [-0.05, 0) is 12.8 Å². The lowest BCUT2D eigenvalue weighted by Gasteiger charge is -2.31. The zero-order valence-corrected chi connectivity index (χ0v) is 10.2. The minimum absolute atomic E-state index is 0.0881. The van der Waals surface area contributed by atoms with Crippen molar-refractivity contribution in [2.24, 2.45) is 5.92 Å². The Morgan fingerprint density at radius 1 is 1.12 bits per heavy atom. The quantitative estimate of drug-likeness (QED) is 0.726. The van der Waals surface area contributed by atoms with Gasteiger partial charge in [0.25, 0.3) is 0 Å². The molecular formula is C14H22O2. The fourth-order valence-corrected chi connectivity index (χ4v) is 2.06. The minimum atomic E-state index is -1.69. The molecule has 0 radical (unpaired) electrons. The van der Waals surface area contributed by atoms with E-state index in [0.717, 1.165) is 25.7 Å². The average Bonchev–Trinajstić information content (AvgIpc) is 2.31. The van der Waals surface area contributed by atoms with Crippen molar-refractivity contribution >= 4 is 0 Å². The van der Waals surface area contributed by atoms with Gasteiger partial charge in [0.1, 0.15) is 0 Å². The summed E-state index contributed by atoms with van der Waals surface area (Å²) in [5.74, 6) is -1.78. The molecule has 0 saturated heterocycles. The number of unbranched alkanes of at least 4 members (excludes halogenated alkanes) is 1. The molecule has 1 aromatic rings. The van der Waals surface area contributed by atoms with E-state index in [9.17, 15) is 10.2 Å². The lowest BCUT2D eigenvalue weighted by molar-refractivity contribution is -0.212. The van der Waals surface area contributed by atoms with Gasteiger partial charge in [-0.15, -0.1) is 0 Å². The van der Waals surface area contributed by atoms with Crippen molar-refractivity contribution in [3.8, 4) is 0 Å². The minimum Gasteiger partial charge on any atom is -0.362 e. The van der Waals surface area contributed by atoms with Crippen molar-refractivity contribution in [1.29, 1.82) is 0 Å². The molecule has 90 valence electrons. The van der Waals surface area contributed by atoms with Crippen LogP contribution in [-0.4, -0.2) is 10.2 Å². The molecule has 1 aromatic carbocycles. The van der Waals surface area contributed by atoms with E-state index in [-0.39, 0.29) is 5.92 Å². The maximum Gasteiger partial charge on any atom is 0.192 e. The molecule has 0 spiro atoms. The molecule has 2 N–H and O–H groups in total. The second kappa shape index (κ2) is 6.02. The molecular weight excluding hydrogens is 200 g/mol. The van der Waals surface area contributed by atoms with E-state index in [2.05, 4.69) is 6.92 Å². The first-order chi connectivity index (χ1) is 7.62. The summed E-state index contributed by atoms with van der Waals surface area (Å²) in [6.07, 6.45) is 3.76. The SMILES string of the molecule is CCCCC(CC)C(O)(O)c1ccccc1. The number of benzene rings is 1. The Morgan fingerprint density at radius 2 is 1.75 bits per heavy atom. The van der Waals surface area contributed by atoms with E-state index >= 15 is 0 Å². The standard InChI is InChI=1S/C14H22O2/c1-3-5-9-12(4-2)14(15,16)13-10-7-6-8-11-13/h6-8,10-12,15-16H,3-5,9H2,1-2H3. The second-order valence-electron chi connectivity index (χ2n) is 4.34. The molecule has 0 fully saturated rings. The number of aliphatic hydroxyl groups is 2. The molecule has 1 atom stereocenters. The van der Waals surface area contributed by atoms with Crippen LogP contribution in [0.4, 0.5) is 0 Å². The zero-order valence-electron chi connectivity index (χ0n) is 10.2. The summed E-state index contributed by atoms with van der Waals surface area (Å²) in [5.41, 5.74) is 0.595. The number of rotatable bonds is 6. The first-order valence-electron chi connectivity index (χ1n) is 6.13. The Labute approximate surface area is 97.9 Å². The highest BCUT2D eigenvalue weighted by atomic mass is 16.5. The van der Waals surface area contributed by atoms with Gasteiger partial charge in [-0.25, -0.2) is 0 Å². The van der Waals surface area contributed by atoms with E-state index in [1.54, 1.807) is 12.1 Å². The molecule has 0 aliphatic carbocycles. The Hall–Kier alpha value is -0.860. The lowest BCUT2D eigenvalue weighted by Crippen LogP contribution is -2.34. The third-order valence-corrected chi connectivity index (χ3v) is 3.17. The van der Waals surface area contributed by atoms with Gasteiger partial charge in [0.05, 0.1) is 0 Å².